The third-order valence-electron chi connectivity index (χ3n) is 5.31. The van der Waals surface area contributed by atoms with Gasteiger partial charge in [-0.1, -0.05) is 18.2 Å². The minimum atomic E-state index is -1.66. The van der Waals surface area contributed by atoms with E-state index in [9.17, 15) is 14.7 Å². The van der Waals surface area contributed by atoms with Crippen LogP contribution < -0.4 is 4.90 Å². The predicted molar refractivity (Wildman–Crippen MR) is 90.1 cm³/mol. The Labute approximate surface area is 140 Å². The van der Waals surface area contributed by atoms with Gasteiger partial charge in [0.25, 0.3) is 0 Å². The first-order valence-corrected chi connectivity index (χ1v) is 8.19. The minimum Gasteiger partial charge on any atom is -0.480 e. The number of hydrogen-bond donors (Lipinski definition) is 1. The molecule has 0 radical (unpaired) electrons. The van der Waals surface area contributed by atoms with Gasteiger partial charge in [0.15, 0.2) is 5.41 Å². The van der Waals surface area contributed by atoms with E-state index in [-0.39, 0.29) is 5.91 Å². The molecule has 4 rings (SSSR count). The summed E-state index contributed by atoms with van der Waals surface area (Å²) in [6, 6.07) is 7.28. The molecule has 24 heavy (non-hydrogen) atoms. The molecular weight excluding hydrogens is 306 g/mol. The molecule has 0 spiro atoms. The summed E-state index contributed by atoms with van der Waals surface area (Å²) in [7, 11) is 0. The zero-order valence-corrected chi connectivity index (χ0v) is 13.5. The normalized spacial score (nSPS) is 25.0. The standard InChI is InChI=1S/C18H19N3O3/c1-12-15-10-19-11-21(15)14-7-3-2-6-13(14)18(12,17(23)24)16(22)20-8-4-5-9-20/h2-3,6-7,10H,4-5,8-9,11H2,1H3,(H,23,24). The summed E-state index contributed by atoms with van der Waals surface area (Å²) < 4.78 is 0. The fourth-order valence-corrected chi connectivity index (χ4v) is 4.08. The van der Waals surface area contributed by atoms with Gasteiger partial charge in [0.2, 0.25) is 5.91 Å². The summed E-state index contributed by atoms with van der Waals surface area (Å²) in [5, 5.41) is 10.2. The van der Waals surface area contributed by atoms with Gasteiger partial charge >= 0.3 is 5.97 Å². The lowest BCUT2D eigenvalue weighted by molar-refractivity contribution is -0.151. The number of likely N-dealkylation sites (tertiary alicyclic amines) is 1. The molecule has 1 unspecified atom stereocenters. The second-order valence-electron chi connectivity index (χ2n) is 6.46. The van der Waals surface area contributed by atoms with Gasteiger partial charge in [0.1, 0.15) is 6.67 Å². The second kappa shape index (κ2) is 5.19. The van der Waals surface area contributed by atoms with Crippen molar-refractivity contribution >= 4 is 23.8 Å². The summed E-state index contributed by atoms with van der Waals surface area (Å²) in [6.45, 7) is 3.45. The number of anilines is 1. The molecule has 6 heteroatoms. The number of nitrogens with zero attached hydrogens (tertiary/aromatic N) is 3. The molecule has 1 aromatic carbocycles. The number of carbonyl (C=O) groups is 2. The molecule has 0 bridgehead atoms. The molecule has 3 aliphatic rings. The van der Waals surface area contributed by atoms with Gasteiger partial charge in [0.05, 0.1) is 5.70 Å². The highest BCUT2D eigenvalue weighted by atomic mass is 16.4. The van der Waals surface area contributed by atoms with Crippen molar-refractivity contribution in [1.29, 1.82) is 0 Å². The zero-order valence-electron chi connectivity index (χ0n) is 13.5. The number of carboxylic acids is 1. The first-order chi connectivity index (χ1) is 11.6. The van der Waals surface area contributed by atoms with Crippen molar-refractivity contribution in [2.24, 2.45) is 4.99 Å². The van der Waals surface area contributed by atoms with Crippen LogP contribution in [0, 0.1) is 0 Å². The number of amides is 1. The fraction of sp³-hybridized carbons (Fsp3) is 0.389. The third kappa shape index (κ3) is 1.74. The highest BCUT2D eigenvalue weighted by Crippen LogP contribution is 2.47. The lowest BCUT2D eigenvalue weighted by Gasteiger charge is -2.41. The topological polar surface area (TPSA) is 73.2 Å². The zero-order chi connectivity index (χ0) is 16.9. The van der Waals surface area contributed by atoms with E-state index in [0.29, 0.717) is 30.9 Å². The molecule has 3 aliphatic heterocycles. The molecule has 124 valence electrons. The first-order valence-electron chi connectivity index (χ1n) is 8.19. The SMILES string of the molecule is CC1=C2C=NCN2c2ccccc2C1(C(=O)O)C(=O)N1CCCC1. The summed E-state index contributed by atoms with van der Waals surface area (Å²) >= 11 is 0. The van der Waals surface area contributed by atoms with Gasteiger partial charge in [-0.05, 0) is 31.4 Å². The van der Waals surface area contributed by atoms with E-state index < -0.39 is 11.4 Å². The maximum Gasteiger partial charge on any atom is 0.328 e. The van der Waals surface area contributed by atoms with Gasteiger partial charge in [-0.15, -0.1) is 0 Å². The number of hydrogen-bond acceptors (Lipinski definition) is 4. The van der Waals surface area contributed by atoms with E-state index in [4.69, 9.17) is 0 Å². The van der Waals surface area contributed by atoms with Crippen molar-refractivity contribution in [3.05, 3.63) is 41.1 Å². The van der Waals surface area contributed by atoms with E-state index in [1.165, 1.54) is 0 Å². The highest BCUT2D eigenvalue weighted by molar-refractivity contribution is 6.15. The molecule has 1 N–H and O–H groups in total. The van der Waals surface area contributed by atoms with E-state index in [2.05, 4.69) is 4.99 Å². The molecule has 0 aromatic heterocycles. The second-order valence-corrected chi connectivity index (χ2v) is 6.46. The quantitative estimate of drug-likeness (QED) is 0.841. The van der Waals surface area contributed by atoms with Gasteiger partial charge in [-0.2, -0.15) is 0 Å². The highest BCUT2D eigenvalue weighted by Gasteiger charge is 2.56. The van der Waals surface area contributed by atoms with Gasteiger partial charge < -0.3 is 14.9 Å². The number of carbonyl (C=O) groups excluding carboxylic acids is 1. The predicted octanol–water partition coefficient (Wildman–Crippen LogP) is 1.77. The number of allylic oxidation sites excluding steroid dienone is 1. The summed E-state index contributed by atoms with van der Waals surface area (Å²) in [5.41, 5.74) is 0.908. The van der Waals surface area contributed by atoms with Crippen LogP contribution in [0.4, 0.5) is 5.69 Å². The van der Waals surface area contributed by atoms with Crippen molar-refractivity contribution < 1.29 is 14.7 Å². The molecule has 1 amide bonds. The molecule has 1 atom stereocenters. The Kier molecular flexibility index (Phi) is 3.23. The molecule has 1 saturated heterocycles. The molecule has 1 fully saturated rings. The van der Waals surface area contributed by atoms with Crippen LogP contribution in [0.5, 0.6) is 0 Å². The van der Waals surface area contributed by atoms with Crippen LogP contribution in [-0.2, 0) is 15.0 Å². The van der Waals surface area contributed by atoms with Gasteiger partial charge in [-0.25, -0.2) is 0 Å². The van der Waals surface area contributed by atoms with Crippen LogP contribution >= 0.6 is 0 Å². The van der Waals surface area contributed by atoms with Crippen LogP contribution in [0.15, 0.2) is 40.5 Å². The number of fused-ring (bicyclic) bond motifs is 3. The Morgan fingerprint density at radius 3 is 2.62 bits per heavy atom. The minimum absolute atomic E-state index is 0.329. The fourth-order valence-electron chi connectivity index (χ4n) is 4.08. The van der Waals surface area contributed by atoms with E-state index in [1.54, 1.807) is 30.2 Å². The molecule has 6 nitrogen and oxygen atoms in total. The van der Waals surface area contributed by atoms with Crippen molar-refractivity contribution in [2.75, 3.05) is 24.7 Å². The van der Waals surface area contributed by atoms with Crippen LogP contribution in [0.25, 0.3) is 0 Å². The number of aliphatic imine (C=N–C) groups is 1. The van der Waals surface area contributed by atoms with Gasteiger partial charge in [0, 0.05) is 30.6 Å². The van der Waals surface area contributed by atoms with Crippen LogP contribution in [0.2, 0.25) is 0 Å². The maximum atomic E-state index is 13.4. The Bertz CT molecular complexity index is 792. The number of para-hydroxylation sites is 1. The molecule has 3 heterocycles. The van der Waals surface area contributed by atoms with E-state index in [0.717, 1.165) is 24.2 Å². The van der Waals surface area contributed by atoms with Crippen LogP contribution in [0.1, 0.15) is 25.3 Å². The first kappa shape index (κ1) is 14.9. The largest absolute Gasteiger partial charge is 0.480 e. The molecular formula is C18H19N3O3. The van der Waals surface area contributed by atoms with Crippen LogP contribution in [-0.4, -0.2) is 47.9 Å². The Morgan fingerprint density at radius 2 is 1.92 bits per heavy atom. The average Bonchev–Trinajstić information content (AvgIpc) is 3.27. The lowest BCUT2D eigenvalue weighted by atomic mass is 9.69. The van der Waals surface area contributed by atoms with Crippen molar-refractivity contribution in [3.63, 3.8) is 0 Å². The Hall–Kier alpha value is -2.63. The maximum absolute atomic E-state index is 13.4. The van der Waals surface area contributed by atoms with E-state index in [1.807, 2.05) is 17.0 Å². The number of carboxylic acid groups (broad SMARTS) is 1. The smallest absolute Gasteiger partial charge is 0.328 e. The summed E-state index contributed by atoms with van der Waals surface area (Å²) in [4.78, 5) is 33.8. The number of benzene rings is 1. The number of rotatable bonds is 2. The summed E-state index contributed by atoms with van der Waals surface area (Å²) in [6.07, 6.45) is 3.53. The van der Waals surface area contributed by atoms with Crippen molar-refractivity contribution in [3.8, 4) is 0 Å². The van der Waals surface area contributed by atoms with Crippen molar-refractivity contribution in [2.45, 2.75) is 25.2 Å². The third-order valence-corrected chi connectivity index (χ3v) is 5.31. The average molecular weight is 325 g/mol. The Balaban J connectivity index is 2.00. The lowest BCUT2D eigenvalue weighted by Crippen LogP contribution is -2.55. The Morgan fingerprint density at radius 1 is 1.21 bits per heavy atom. The monoisotopic (exact) mass is 325 g/mol. The molecule has 0 saturated carbocycles. The number of aliphatic carboxylic acids is 1. The summed E-state index contributed by atoms with van der Waals surface area (Å²) in [5.74, 6) is -1.44. The van der Waals surface area contributed by atoms with Crippen LogP contribution in [0.3, 0.4) is 0 Å². The van der Waals surface area contributed by atoms with Crippen molar-refractivity contribution in [1.82, 2.24) is 4.90 Å². The van der Waals surface area contributed by atoms with Gasteiger partial charge in [-0.3, -0.25) is 14.6 Å². The molecule has 1 aromatic rings. The van der Waals surface area contributed by atoms with E-state index >= 15 is 0 Å². The molecule has 0 aliphatic carbocycles.